The predicted octanol–water partition coefficient (Wildman–Crippen LogP) is 1.73. The molecule has 0 aliphatic rings. The Morgan fingerprint density at radius 3 is 2.70 bits per heavy atom. The lowest BCUT2D eigenvalue weighted by Crippen LogP contribution is -2.30. The molecule has 2 aromatic carbocycles. The molecule has 0 bridgehead atoms. The van der Waals surface area contributed by atoms with E-state index >= 15 is 0 Å². The molecule has 0 aliphatic carbocycles. The van der Waals surface area contributed by atoms with Gasteiger partial charge in [0.2, 0.25) is 10.0 Å². The third-order valence-corrected chi connectivity index (χ3v) is 5.87. The number of ether oxygens (including phenoxy) is 1. The Kier molecular flexibility index (Phi) is 6.48. The summed E-state index contributed by atoms with van der Waals surface area (Å²) >= 11 is 0. The highest BCUT2D eigenvalue weighted by molar-refractivity contribution is 7.89. The van der Waals surface area contributed by atoms with Crippen molar-refractivity contribution in [2.75, 3.05) is 20.2 Å². The van der Waals surface area contributed by atoms with Crippen molar-refractivity contribution < 1.29 is 27.1 Å². The van der Waals surface area contributed by atoms with Gasteiger partial charge in [0.1, 0.15) is 5.82 Å². The number of H-pyrrole nitrogens is 1. The van der Waals surface area contributed by atoms with Gasteiger partial charge in [0.05, 0.1) is 10.5 Å². The monoisotopic (exact) mass is 433 g/mol. The number of aromatic nitrogens is 1. The maximum atomic E-state index is 13.9. The first-order valence-corrected chi connectivity index (χ1v) is 10.5. The summed E-state index contributed by atoms with van der Waals surface area (Å²) in [6, 6.07) is 10.5. The number of aromatic amines is 1. The van der Waals surface area contributed by atoms with Crippen LogP contribution in [0, 0.1) is 5.82 Å². The smallest absolute Gasteiger partial charge is 0.341 e. The fourth-order valence-electron chi connectivity index (χ4n) is 2.88. The highest BCUT2D eigenvalue weighted by Crippen LogP contribution is 2.18. The number of carbonyl (C=O) groups excluding carboxylic acids is 2. The lowest BCUT2D eigenvalue weighted by molar-refractivity contribution is -0.124. The normalized spacial score (nSPS) is 11.4. The maximum absolute atomic E-state index is 13.9. The summed E-state index contributed by atoms with van der Waals surface area (Å²) < 4.78 is 44.4. The van der Waals surface area contributed by atoms with Gasteiger partial charge in [0.25, 0.3) is 5.91 Å². The number of sulfonamides is 1. The Hall–Kier alpha value is -3.24. The number of hydrogen-bond donors (Lipinski definition) is 3. The van der Waals surface area contributed by atoms with Crippen molar-refractivity contribution in [1.82, 2.24) is 15.0 Å². The van der Waals surface area contributed by atoms with Crippen LogP contribution < -0.4 is 10.0 Å². The van der Waals surface area contributed by atoms with Crippen molar-refractivity contribution >= 4 is 32.8 Å². The zero-order valence-corrected chi connectivity index (χ0v) is 16.9. The van der Waals surface area contributed by atoms with Crippen LogP contribution in [0.3, 0.4) is 0 Å². The molecule has 3 N–H and O–H groups in total. The average molecular weight is 433 g/mol. The number of esters is 1. The molecule has 0 saturated carbocycles. The van der Waals surface area contributed by atoms with Crippen LogP contribution in [0.5, 0.6) is 0 Å². The number of rotatable bonds is 8. The van der Waals surface area contributed by atoms with Crippen LogP contribution in [-0.2, 0) is 26.0 Å². The Balaban J connectivity index is 1.53. The van der Waals surface area contributed by atoms with Crippen LogP contribution in [0.15, 0.2) is 53.6 Å². The Labute approximate surface area is 172 Å². The van der Waals surface area contributed by atoms with E-state index in [2.05, 4.69) is 15.0 Å². The van der Waals surface area contributed by atoms with Gasteiger partial charge < -0.3 is 15.0 Å². The summed E-state index contributed by atoms with van der Waals surface area (Å²) in [7, 11) is -2.67. The van der Waals surface area contributed by atoms with Crippen molar-refractivity contribution in [2.24, 2.45) is 0 Å². The first-order valence-electron chi connectivity index (χ1n) is 9.04. The summed E-state index contributed by atoms with van der Waals surface area (Å²) in [5.41, 5.74) is 1.46. The summed E-state index contributed by atoms with van der Waals surface area (Å²) in [5, 5.41) is 3.68. The van der Waals surface area contributed by atoms with E-state index in [0.717, 1.165) is 34.7 Å². The third kappa shape index (κ3) is 4.84. The fourth-order valence-corrected chi connectivity index (χ4v) is 3.64. The zero-order chi connectivity index (χ0) is 21.7. The van der Waals surface area contributed by atoms with Crippen LogP contribution in [-0.4, -0.2) is 45.5 Å². The van der Waals surface area contributed by atoms with Crippen LogP contribution in [0.25, 0.3) is 10.9 Å². The molecular formula is C20H20FN3O5S. The number of amides is 1. The maximum Gasteiger partial charge on any atom is 0.341 e. The Bertz CT molecular complexity index is 1190. The number of fused-ring (bicyclic) bond motifs is 1. The zero-order valence-electron chi connectivity index (χ0n) is 16.1. The first-order chi connectivity index (χ1) is 14.3. The van der Waals surface area contributed by atoms with E-state index in [-0.39, 0.29) is 4.90 Å². The Morgan fingerprint density at radius 1 is 1.17 bits per heavy atom. The van der Waals surface area contributed by atoms with Gasteiger partial charge >= 0.3 is 5.97 Å². The van der Waals surface area contributed by atoms with E-state index < -0.39 is 39.9 Å². The highest BCUT2D eigenvalue weighted by atomic mass is 32.2. The topological polar surface area (TPSA) is 117 Å². The van der Waals surface area contributed by atoms with Crippen LogP contribution in [0.2, 0.25) is 0 Å². The number of para-hydroxylation sites is 1. The second-order valence-electron chi connectivity index (χ2n) is 6.38. The van der Waals surface area contributed by atoms with Gasteiger partial charge in [-0.05, 0) is 43.3 Å². The molecule has 10 heteroatoms. The molecule has 0 spiro atoms. The predicted molar refractivity (Wildman–Crippen MR) is 108 cm³/mol. The second kappa shape index (κ2) is 9.06. The van der Waals surface area contributed by atoms with Gasteiger partial charge in [0.15, 0.2) is 6.61 Å². The van der Waals surface area contributed by atoms with E-state index in [0.29, 0.717) is 13.0 Å². The second-order valence-corrected chi connectivity index (χ2v) is 8.27. The van der Waals surface area contributed by atoms with E-state index in [1.54, 1.807) is 0 Å². The largest absolute Gasteiger partial charge is 0.452 e. The van der Waals surface area contributed by atoms with E-state index in [1.807, 2.05) is 30.5 Å². The molecule has 3 rings (SSSR count). The number of hydrogen-bond acceptors (Lipinski definition) is 5. The molecule has 1 amide bonds. The first kappa shape index (κ1) is 21.5. The minimum atomic E-state index is -3.86. The average Bonchev–Trinajstić information content (AvgIpc) is 3.15. The van der Waals surface area contributed by atoms with E-state index in [9.17, 15) is 22.4 Å². The molecule has 0 aliphatic heterocycles. The summed E-state index contributed by atoms with van der Waals surface area (Å²) in [6.07, 6.45) is 2.44. The molecule has 0 unspecified atom stereocenters. The lowest BCUT2D eigenvalue weighted by atomic mass is 10.1. The molecular weight excluding hydrogens is 413 g/mol. The van der Waals surface area contributed by atoms with Crippen molar-refractivity contribution in [3.8, 4) is 0 Å². The van der Waals surface area contributed by atoms with Gasteiger partial charge in [-0.25, -0.2) is 22.3 Å². The fraction of sp³-hybridized carbons (Fsp3) is 0.200. The van der Waals surface area contributed by atoms with E-state index in [4.69, 9.17) is 4.74 Å². The molecule has 30 heavy (non-hydrogen) atoms. The van der Waals surface area contributed by atoms with Gasteiger partial charge in [0, 0.05) is 23.6 Å². The molecule has 0 fully saturated rings. The molecule has 8 nitrogen and oxygen atoms in total. The molecule has 0 saturated heterocycles. The van der Waals surface area contributed by atoms with Crippen LogP contribution >= 0.6 is 0 Å². The summed E-state index contributed by atoms with van der Waals surface area (Å²) in [4.78, 5) is 26.9. The Morgan fingerprint density at radius 2 is 1.93 bits per heavy atom. The third-order valence-electron chi connectivity index (χ3n) is 4.46. The van der Waals surface area contributed by atoms with Crippen molar-refractivity contribution in [2.45, 2.75) is 11.3 Å². The SMILES string of the molecule is CNS(=O)(=O)c1ccc(F)c(C(=O)OCC(=O)NCCc2c[nH]c3ccccc23)c1. The summed E-state index contributed by atoms with van der Waals surface area (Å²) in [6.45, 7) is -0.294. The molecule has 158 valence electrons. The number of carbonyl (C=O) groups is 2. The van der Waals surface area contributed by atoms with Gasteiger partial charge in [-0.15, -0.1) is 0 Å². The molecule has 0 radical (unpaired) electrons. The quantitative estimate of drug-likeness (QED) is 0.468. The lowest BCUT2D eigenvalue weighted by Gasteiger charge is -2.08. The number of nitrogens with one attached hydrogen (secondary N) is 3. The molecule has 0 atom stereocenters. The molecule has 1 aromatic heterocycles. The van der Waals surface area contributed by atoms with Gasteiger partial charge in [-0.3, -0.25) is 4.79 Å². The number of halogens is 1. The van der Waals surface area contributed by atoms with Crippen LogP contribution in [0.1, 0.15) is 15.9 Å². The minimum absolute atomic E-state index is 0.290. The summed E-state index contributed by atoms with van der Waals surface area (Å²) in [5.74, 6) is -2.63. The molecule has 3 aromatic rings. The number of benzene rings is 2. The van der Waals surface area contributed by atoms with Crippen LogP contribution in [0.4, 0.5) is 4.39 Å². The van der Waals surface area contributed by atoms with Crippen molar-refractivity contribution in [3.63, 3.8) is 0 Å². The highest BCUT2D eigenvalue weighted by Gasteiger charge is 2.20. The van der Waals surface area contributed by atoms with Gasteiger partial charge in [-0.1, -0.05) is 18.2 Å². The van der Waals surface area contributed by atoms with Crippen molar-refractivity contribution in [3.05, 3.63) is 65.6 Å². The van der Waals surface area contributed by atoms with Crippen molar-refractivity contribution in [1.29, 1.82) is 0 Å². The standard InChI is InChI=1S/C20H20FN3O5S/c1-22-30(27,28)14-6-7-17(21)16(10-14)20(26)29-12-19(25)23-9-8-13-11-24-18-5-3-2-4-15(13)18/h2-7,10-11,22,24H,8-9,12H2,1H3,(H,23,25). The van der Waals surface area contributed by atoms with E-state index in [1.165, 1.54) is 7.05 Å². The van der Waals surface area contributed by atoms with Gasteiger partial charge in [-0.2, -0.15) is 0 Å². The minimum Gasteiger partial charge on any atom is -0.452 e. The molecule has 1 heterocycles.